The molecule has 0 heterocycles. The Hall–Kier alpha value is -1.91. The molecule has 0 aliphatic heterocycles. The van der Waals surface area contributed by atoms with Crippen LogP contribution < -0.4 is 24.8 Å². The Labute approximate surface area is 255 Å². The van der Waals surface area contributed by atoms with Gasteiger partial charge in [-0.1, -0.05) is 97.8 Å². The number of hydrogen-bond donors (Lipinski definition) is 0. The second-order valence-electron chi connectivity index (χ2n) is 9.41. The molecule has 0 radical (unpaired) electrons. The third-order valence-electron chi connectivity index (χ3n) is 5.96. The Morgan fingerprint density at radius 2 is 0.868 bits per heavy atom. The predicted molar refractivity (Wildman–Crippen MR) is 157 cm³/mol. The summed E-state index contributed by atoms with van der Waals surface area (Å²) in [5, 5.41) is 5.37. The molecule has 4 heteroatoms. The second kappa shape index (κ2) is 15.6. The van der Waals surface area contributed by atoms with Crippen LogP contribution in [-0.2, 0) is 21.3 Å². The first-order chi connectivity index (χ1) is 17.4. The van der Waals surface area contributed by atoms with E-state index in [0.29, 0.717) is 0 Å². The van der Waals surface area contributed by atoms with Gasteiger partial charge < -0.3 is 24.8 Å². The van der Waals surface area contributed by atoms with Crippen molar-refractivity contribution >= 4 is 31.6 Å². The SMILES string of the molecule is Cc1cc2c(-c3ccccc3)cccc2[cH-]1.Cc1cc2c(-c3ccccc3)cccc2[cH-]1.[CH3][Ge]([CH3])=[Hf+2].[Cl-].[Cl-]. The first-order valence-corrected chi connectivity index (χ1v) is 26.9. The summed E-state index contributed by atoms with van der Waals surface area (Å²) >= 11 is 1.52. The number of benzene rings is 4. The van der Waals surface area contributed by atoms with E-state index < -0.39 is 0 Å². The van der Waals surface area contributed by atoms with Crippen LogP contribution in [0.25, 0.3) is 43.8 Å². The van der Waals surface area contributed by atoms with Gasteiger partial charge in [-0.15, -0.1) is 69.1 Å². The van der Waals surface area contributed by atoms with Crippen molar-refractivity contribution in [2.24, 2.45) is 0 Å². The fourth-order valence-electron chi connectivity index (χ4n) is 4.51. The van der Waals surface area contributed by atoms with Crippen molar-refractivity contribution in [3.8, 4) is 22.3 Å². The van der Waals surface area contributed by atoms with Crippen molar-refractivity contribution in [3.05, 3.63) is 132 Å². The largest absolute Gasteiger partial charge is 1.00 e. The van der Waals surface area contributed by atoms with Gasteiger partial charge in [0.05, 0.1) is 0 Å². The third kappa shape index (κ3) is 8.55. The van der Waals surface area contributed by atoms with E-state index in [1.807, 2.05) is 0 Å². The molecule has 0 aromatic heterocycles. The Morgan fingerprint density at radius 3 is 1.21 bits per heavy atom. The first-order valence-electron chi connectivity index (χ1n) is 12.4. The van der Waals surface area contributed by atoms with Gasteiger partial charge in [0.15, 0.2) is 0 Å². The summed E-state index contributed by atoms with van der Waals surface area (Å²) in [5.41, 5.74) is 7.89. The molecule has 38 heavy (non-hydrogen) atoms. The van der Waals surface area contributed by atoms with Gasteiger partial charge in [0.1, 0.15) is 0 Å². The molecule has 0 N–H and O–H groups in total. The summed E-state index contributed by atoms with van der Waals surface area (Å²) in [4.78, 5) is 0. The monoisotopic (exact) mass is 764 g/mol. The van der Waals surface area contributed by atoms with Crippen LogP contribution in [0.2, 0.25) is 11.5 Å². The molecule has 6 rings (SSSR count). The molecule has 0 saturated carbocycles. The molecule has 0 saturated heterocycles. The van der Waals surface area contributed by atoms with Crippen LogP contribution in [-0.4, -0.2) is 10.1 Å². The zero-order valence-electron chi connectivity index (χ0n) is 22.3. The van der Waals surface area contributed by atoms with E-state index in [9.17, 15) is 0 Å². The van der Waals surface area contributed by atoms with Crippen molar-refractivity contribution in [1.29, 1.82) is 0 Å². The normalized spacial score (nSPS) is 9.84. The van der Waals surface area contributed by atoms with Crippen LogP contribution in [0.1, 0.15) is 11.1 Å². The van der Waals surface area contributed by atoms with Crippen molar-refractivity contribution in [2.75, 3.05) is 0 Å². The fraction of sp³-hybridized carbons (Fsp3) is 0.118. The van der Waals surface area contributed by atoms with E-state index in [-0.39, 0.29) is 34.9 Å². The van der Waals surface area contributed by atoms with Crippen molar-refractivity contribution in [2.45, 2.75) is 25.4 Å². The summed E-state index contributed by atoms with van der Waals surface area (Å²) < 4.78 is 0. The van der Waals surface area contributed by atoms with Gasteiger partial charge in [0.2, 0.25) is 0 Å². The molecule has 0 unspecified atom stereocenters. The minimum atomic E-state index is -0.194. The Morgan fingerprint density at radius 1 is 0.526 bits per heavy atom. The number of fused-ring (bicyclic) bond motifs is 2. The average molecular weight is 763 g/mol. The average Bonchev–Trinajstić information content (AvgIpc) is 3.45. The number of halogens is 2. The van der Waals surface area contributed by atoms with Crippen molar-refractivity contribution in [1.82, 2.24) is 0 Å². The van der Waals surface area contributed by atoms with Crippen molar-refractivity contribution in [3.63, 3.8) is 0 Å². The van der Waals surface area contributed by atoms with Crippen LogP contribution in [0.3, 0.4) is 0 Å². The molecule has 6 aromatic carbocycles. The van der Waals surface area contributed by atoms with Gasteiger partial charge in [-0.25, -0.2) is 0 Å². The molecule has 0 fully saturated rings. The molecule has 0 amide bonds. The van der Waals surface area contributed by atoms with Gasteiger partial charge in [-0.05, 0) is 11.1 Å². The van der Waals surface area contributed by atoms with E-state index in [0.717, 1.165) is 0 Å². The summed E-state index contributed by atoms with van der Waals surface area (Å²) in [6, 6.07) is 43.1. The smallest absolute Gasteiger partial charge is 1.00 e. The summed E-state index contributed by atoms with van der Waals surface area (Å²) in [6.45, 7) is 4.30. The van der Waals surface area contributed by atoms with Crippen LogP contribution in [0.15, 0.2) is 121 Å². The Kier molecular flexibility index (Phi) is 13.3. The summed E-state index contributed by atoms with van der Waals surface area (Å²) in [6.07, 6.45) is 0. The molecule has 0 atom stereocenters. The molecule has 0 aliphatic carbocycles. The van der Waals surface area contributed by atoms with Crippen LogP contribution >= 0.6 is 0 Å². The molecule has 6 aromatic rings. The van der Waals surface area contributed by atoms with E-state index in [2.05, 4.69) is 147 Å². The maximum Gasteiger partial charge on any atom is -1.00 e. The van der Waals surface area contributed by atoms with E-state index >= 15 is 0 Å². The molecule has 0 aliphatic rings. The fourth-order valence-corrected chi connectivity index (χ4v) is 4.51. The van der Waals surface area contributed by atoms with E-state index in [1.54, 1.807) is 0 Å². The van der Waals surface area contributed by atoms with Gasteiger partial charge in [0, 0.05) is 0 Å². The van der Waals surface area contributed by atoms with Crippen LogP contribution in [0.5, 0.6) is 0 Å². The topological polar surface area (TPSA) is 0 Å². The number of hydrogen-bond acceptors (Lipinski definition) is 0. The number of aryl methyl sites for hydroxylation is 2. The quantitative estimate of drug-likeness (QED) is 0.186. The summed E-state index contributed by atoms with van der Waals surface area (Å²) in [5.74, 6) is 4.79. The maximum atomic E-state index is 2.40. The molecular weight excluding hydrogens is 730 g/mol. The molecule has 0 bridgehead atoms. The van der Waals surface area contributed by atoms with Gasteiger partial charge in [-0.3, -0.25) is 0 Å². The minimum absolute atomic E-state index is 0. The zero-order chi connectivity index (χ0) is 25.5. The second-order valence-corrected chi connectivity index (χ2v) is 32.3. The summed E-state index contributed by atoms with van der Waals surface area (Å²) in [7, 11) is -0.194. The molecular formula is C34H32Cl2GeHf-2. The van der Waals surface area contributed by atoms with Crippen LogP contribution in [0.4, 0.5) is 0 Å². The van der Waals surface area contributed by atoms with E-state index in [4.69, 9.17) is 0 Å². The minimum Gasteiger partial charge on any atom is -1.00 e. The standard InChI is InChI=1S/2C16H13.C2H6Ge.2ClH.Hf/c2*1-12-10-14-8-5-9-15(16(14)11-12)13-6-3-2-4-7-13;1-3-2;;;/h2*2-11H,1H3;1-2H3;2*1H;/q2*-1;;;;+2/p-2. The molecule has 0 nitrogen and oxygen atoms in total. The van der Waals surface area contributed by atoms with Gasteiger partial charge >= 0.3 is 42.8 Å². The number of rotatable bonds is 2. The zero-order valence-corrected chi connectivity index (χ0v) is 29.5. The maximum absolute atomic E-state index is 2.40. The first kappa shape index (κ1) is 32.3. The molecule has 192 valence electrons. The van der Waals surface area contributed by atoms with Gasteiger partial charge in [-0.2, -0.15) is 12.1 Å². The third-order valence-corrected chi connectivity index (χ3v) is 5.96. The predicted octanol–water partition coefficient (Wildman–Crippen LogP) is 3.86. The van der Waals surface area contributed by atoms with Crippen molar-refractivity contribution < 1.29 is 46.1 Å². The molecule has 0 spiro atoms. The van der Waals surface area contributed by atoms with Crippen LogP contribution in [0, 0.1) is 13.8 Å². The van der Waals surface area contributed by atoms with E-state index in [1.165, 1.54) is 76.2 Å². The Bertz CT molecular complexity index is 1460. The van der Waals surface area contributed by atoms with Gasteiger partial charge in [0.25, 0.3) is 0 Å². The Balaban J connectivity index is 0.000000224.